The summed E-state index contributed by atoms with van der Waals surface area (Å²) in [5.41, 5.74) is 5.99. The standard InChI is InChI=1S/C26H26F3N5O3/c1-13-10-14(11-19(30)24(13)34(2)26(36)37)15-8-9-31-12-21(15)33-25(35)20-7-6-18(29)23(32-20)22-16(27)4-3-5-17(22)28/h3-9,12-14,19,24H,10-11,30H2,1-2H3,(H,33,35)(H,36,37)/t13-,14+,19+,24-/m0/s1. The molecule has 1 aliphatic rings. The van der Waals surface area contributed by atoms with Crippen LogP contribution in [0.4, 0.5) is 23.7 Å². The molecule has 0 spiro atoms. The monoisotopic (exact) mass is 513 g/mol. The minimum atomic E-state index is -1.05. The van der Waals surface area contributed by atoms with Gasteiger partial charge in [-0.05, 0) is 60.6 Å². The molecule has 0 aliphatic heterocycles. The summed E-state index contributed by atoms with van der Waals surface area (Å²) < 4.78 is 42.9. The lowest BCUT2D eigenvalue weighted by atomic mass is 9.73. The molecule has 0 radical (unpaired) electrons. The van der Waals surface area contributed by atoms with Gasteiger partial charge in [0.15, 0.2) is 0 Å². The fraction of sp³-hybridized carbons (Fsp3) is 0.308. The van der Waals surface area contributed by atoms with Gasteiger partial charge in [0.25, 0.3) is 5.91 Å². The molecule has 1 aliphatic carbocycles. The lowest BCUT2D eigenvalue weighted by Gasteiger charge is -2.43. The van der Waals surface area contributed by atoms with Crippen molar-refractivity contribution < 1.29 is 27.9 Å². The molecule has 0 unspecified atom stereocenters. The van der Waals surface area contributed by atoms with E-state index in [1.165, 1.54) is 18.1 Å². The fourth-order valence-corrected chi connectivity index (χ4v) is 5.14. The molecule has 11 heteroatoms. The summed E-state index contributed by atoms with van der Waals surface area (Å²) in [5, 5.41) is 12.1. The number of carbonyl (C=O) groups excluding carboxylic acids is 1. The highest BCUT2D eigenvalue weighted by molar-refractivity contribution is 6.03. The molecule has 4 N–H and O–H groups in total. The number of carboxylic acid groups (broad SMARTS) is 1. The molecule has 1 aromatic carbocycles. The summed E-state index contributed by atoms with van der Waals surface area (Å²) in [7, 11) is 1.50. The van der Waals surface area contributed by atoms with Crippen molar-refractivity contribution in [2.45, 2.75) is 37.8 Å². The van der Waals surface area contributed by atoms with Gasteiger partial charge in [0.1, 0.15) is 28.8 Å². The number of anilines is 1. The average molecular weight is 514 g/mol. The van der Waals surface area contributed by atoms with Gasteiger partial charge in [-0.25, -0.2) is 22.9 Å². The Labute approximate surface area is 211 Å². The molecule has 3 aromatic rings. The van der Waals surface area contributed by atoms with Crippen molar-refractivity contribution in [3.05, 3.63) is 77.5 Å². The molecule has 4 rings (SSSR count). The molecule has 37 heavy (non-hydrogen) atoms. The maximum atomic E-state index is 14.4. The summed E-state index contributed by atoms with van der Waals surface area (Å²) in [6, 6.07) is 6.11. The highest BCUT2D eigenvalue weighted by Gasteiger charge is 2.39. The molecule has 8 nitrogen and oxygen atoms in total. The van der Waals surface area contributed by atoms with Crippen molar-refractivity contribution in [3.8, 4) is 11.3 Å². The Morgan fingerprint density at radius 2 is 1.78 bits per heavy atom. The van der Waals surface area contributed by atoms with E-state index in [9.17, 15) is 27.9 Å². The van der Waals surface area contributed by atoms with E-state index in [2.05, 4.69) is 15.3 Å². The van der Waals surface area contributed by atoms with Crippen LogP contribution >= 0.6 is 0 Å². The topological polar surface area (TPSA) is 121 Å². The third kappa shape index (κ3) is 5.26. The average Bonchev–Trinajstić information content (AvgIpc) is 2.84. The predicted molar refractivity (Wildman–Crippen MR) is 130 cm³/mol. The number of nitrogens with zero attached hydrogens (tertiary/aromatic N) is 3. The Hall–Kier alpha value is -3.99. The van der Waals surface area contributed by atoms with E-state index in [1.807, 2.05) is 6.92 Å². The van der Waals surface area contributed by atoms with Crippen LogP contribution in [0.2, 0.25) is 0 Å². The smallest absolute Gasteiger partial charge is 0.407 e. The number of pyridine rings is 2. The quantitative estimate of drug-likeness (QED) is 0.457. The van der Waals surface area contributed by atoms with Crippen LogP contribution in [0, 0.1) is 23.4 Å². The second-order valence-corrected chi connectivity index (χ2v) is 9.23. The lowest BCUT2D eigenvalue weighted by Crippen LogP contribution is -2.54. The van der Waals surface area contributed by atoms with Crippen molar-refractivity contribution in [1.82, 2.24) is 14.9 Å². The third-order valence-corrected chi connectivity index (χ3v) is 6.80. The minimum Gasteiger partial charge on any atom is -0.465 e. The van der Waals surface area contributed by atoms with Gasteiger partial charge in [0.2, 0.25) is 0 Å². The second kappa shape index (κ2) is 10.6. The molecule has 1 saturated carbocycles. The number of hydrogen-bond donors (Lipinski definition) is 3. The number of aromatic nitrogens is 2. The maximum absolute atomic E-state index is 14.4. The number of amides is 2. The normalized spacial score (nSPS) is 21.4. The second-order valence-electron chi connectivity index (χ2n) is 9.23. The minimum absolute atomic E-state index is 0.0523. The Kier molecular flexibility index (Phi) is 7.44. The Morgan fingerprint density at radius 3 is 2.43 bits per heavy atom. The van der Waals surface area contributed by atoms with Crippen molar-refractivity contribution in [2.75, 3.05) is 12.4 Å². The zero-order valence-corrected chi connectivity index (χ0v) is 20.2. The number of benzene rings is 1. The Bertz CT molecular complexity index is 1310. The van der Waals surface area contributed by atoms with Crippen LogP contribution in [-0.2, 0) is 0 Å². The van der Waals surface area contributed by atoms with Gasteiger partial charge < -0.3 is 21.1 Å². The first kappa shape index (κ1) is 26.1. The molecule has 194 valence electrons. The Balaban J connectivity index is 1.59. The van der Waals surface area contributed by atoms with Crippen LogP contribution in [0.15, 0.2) is 48.8 Å². The van der Waals surface area contributed by atoms with Crippen LogP contribution < -0.4 is 11.1 Å². The SMILES string of the molecule is C[C@H]1C[C@@H](c2ccncc2NC(=O)c2ccc(F)c(-c3c(F)cccc3F)n2)C[C@@H](N)[C@H]1N(C)C(=O)O. The van der Waals surface area contributed by atoms with E-state index in [1.54, 1.807) is 12.3 Å². The number of nitrogens with one attached hydrogen (secondary N) is 1. The van der Waals surface area contributed by atoms with Gasteiger partial charge in [-0.15, -0.1) is 0 Å². The van der Waals surface area contributed by atoms with Crippen molar-refractivity contribution in [2.24, 2.45) is 11.7 Å². The molecule has 1 fully saturated rings. The zero-order chi connectivity index (χ0) is 26.9. The summed E-state index contributed by atoms with van der Waals surface area (Å²) in [4.78, 5) is 33.7. The van der Waals surface area contributed by atoms with E-state index in [0.717, 1.165) is 35.9 Å². The molecule has 0 bridgehead atoms. The first-order valence-corrected chi connectivity index (χ1v) is 11.7. The fourth-order valence-electron chi connectivity index (χ4n) is 5.14. The van der Waals surface area contributed by atoms with Crippen LogP contribution in [-0.4, -0.2) is 51.1 Å². The van der Waals surface area contributed by atoms with Gasteiger partial charge >= 0.3 is 6.09 Å². The molecule has 0 saturated heterocycles. The summed E-state index contributed by atoms with van der Waals surface area (Å²) in [6.45, 7) is 1.93. The van der Waals surface area contributed by atoms with E-state index in [0.29, 0.717) is 18.5 Å². The Morgan fingerprint density at radius 1 is 1.08 bits per heavy atom. The highest BCUT2D eigenvalue weighted by Crippen LogP contribution is 2.40. The molecule has 2 heterocycles. The van der Waals surface area contributed by atoms with Crippen LogP contribution in [0.5, 0.6) is 0 Å². The number of likely N-dealkylation sites (N-methyl/N-ethyl adjacent to an activating group) is 1. The number of halogens is 3. The largest absolute Gasteiger partial charge is 0.465 e. The number of hydrogen-bond acceptors (Lipinski definition) is 5. The van der Waals surface area contributed by atoms with Gasteiger partial charge in [-0.3, -0.25) is 9.78 Å². The summed E-state index contributed by atoms with van der Waals surface area (Å²) in [6.07, 6.45) is 3.08. The predicted octanol–water partition coefficient (Wildman–Crippen LogP) is 4.63. The van der Waals surface area contributed by atoms with E-state index in [-0.39, 0.29) is 23.6 Å². The molecule has 2 aromatic heterocycles. The van der Waals surface area contributed by atoms with Crippen molar-refractivity contribution in [3.63, 3.8) is 0 Å². The molecule has 2 amide bonds. The van der Waals surface area contributed by atoms with Gasteiger partial charge in [-0.1, -0.05) is 13.0 Å². The maximum Gasteiger partial charge on any atom is 0.407 e. The van der Waals surface area contributed by atoms with E-state index in [4.69, 9.17) is 5.73 Å². The highest BCUT2D eigenvalue weighted by atomic mass is 19.1. The summed E-state index contributed by atoms with van der Waals surface area (Å²) in [5.74, 6) is -3.85. The van der Waals surface area contributed by atoms with Crippen LogP contribution in [0.3, 0.4) is 0 Å². The summed E-state index contributed by atoms with van der Waals surface area (Å²) >= 11 is 0. The van der Waals surface area contributed by atoms with Gasteiger partial charge in [0.05, 0.1) is 23.5 Å². The van der Waals surface area contributed by atoms with Gasteiger partial charge in [0, 0.05) is 19.3 Å². The van der Waals surface area contributed by atoms with Crippen molar-refractivity contribution >= 4 is 17.7 Å². The van der Waals surface area contributed by atoms with Crippen molar-refractivity contribution in [1.29, 1.82) is 0 Å². The van der Waals surface area contributed by atoms with Gasteiger partial charge in [-0.2, -0.15) is 0 Å². The number of nitrogens with two attached hydrogens (primary N) is 1. The molecular formula is C26H26F3N5O3. The van der Waals surface area contributed by atoms with Crippen LogP contribution in [0.25, 0.3) is 11.3 Å². The molecule has 4 atom stereocenters. The van der Waals surface area contributed by atoms with E-state index >= 15 is 0 Å². The zero-order valence-electron chi connectivity index (χ0n) is 20.2. The van der Waals surface area contributed by atoms with E-state index < -0.39 is 46.8 Å². The van der Waals surface area contributed by atoms with Crippen LogP contribution in [0.1, 0.15) is 41.7 Å². The first-order chi connectivity index (χ1) is 17.6. The number of carbonyl (C=O) groups is 2. The lowest BCUT2D eigenvalue weighted by molar-refractivity contribution is 0.0905. The molecular weight excluding hydrogens is 487 g/mol. The first-order valence-electron chi connectivity index (χ1n) is 11.7. The number of rotatable bonds is 5. The third-order valence-electron chi connectivity index (χ3n) is 6.80.